The number of carboxylic acid groups (broad SMARTS) is 1. The minimum Gasteiger partial charge on any atom is -0.475 e. The summed E-state index contributed by atoms with van der Waals surface area (Å²) >= 11 is 0. The van der Waals surface area contributed by atoms with E-state index >= 15 is 4.39 Å². The molecule has 2 aromatic carbocycles. The first-order valence-corrected chi connectivity index (χ1v) is 12.5. The summed E-state index contributed by atoms with van der Waals surface area (Å²) in [6, 6.07) is 5.59. The number of ether oxygens (including phenoxy) is 1. The molecule has 8 nitrogen and oxygen atoms in total. The van der Waals surface area contributed by atoms with E-state index in [2.05, 4.69) is 16.0 Å². The van der Waals surface area contributed by atoms with Crippen molar-refractivity contribution in [2.45, 2.75) is 38.0 Å². The summed E-state index contributed by atoms with van der Waals surface area (Å²) in [5.74, 6) is -4.85. The maximum atomic E-state index is 15.1. The Morgan fingerprint density at radius 3 is 2.20 bits per heavy atom. The zero-order valence-electron chi connectivity index (χ0n) is 22.0. The van der Waals surface area contributed by atoms with Crippen molar-refractivity contribution in [1.82, 2.24) is 10.6 Å². The maximum absolute atomic E-state index is 15.1. The second kappa shape index (κ2) is 12.9. The molecule has 4 rings (SSSR count). The van der Waals surface area contributed by atoms with Gasteiger partial charge in [0.25, 0.3) is 12.3 Å². The molecule has 2 fully saturated rings. The van der Waals surface area contributed by atoms with Crippen LogP contribution in [0.25, 0.3) is 0 Å². The minimum atomic E-state index is -5.08. The van der Waals surface area contributed by atoms with Gasteiger partial charge >= 0.3 is 12.1 Å². The number of carbonyl (C=O) groups is 2. The number of amides is 1. The molecule has 0 spiro atoms. The number of carboxylic acids is 1. The second-order valence-electron chi connectivity index (χ2n) is 9.79. The topological polar surface area (TPSA) is 103 Å². The van der Waals surface area contributed by atoms with Gasteiger partial charge in [-0.25, -0.2) is 22.4 Å². The summed E-state index contributed by atoms with van der Waals surface area (Å²) in [6.45, 7) is 6.60. The van der Waals surface area contributed by atoms with Crippen LogP contribution in [0, 0.1) is 11.6 Å². The molecule has 0 saturated carbocycles. The Balaban J connectivity index is 0.000000587. The van der Waals surface area contributed by atoms with Crippen LogP contribution >= 0.6 is 0 Å². The second-order valence-corrected chi connectivity index (χ2v) is 9.79. The number of hydrogen-bond acceptors (Lipinski definition) is 6. The van der Waals surface area contributed by atoms with Gasteiger partial charge in [0.15, 0.2) is 0 Å². The van der Waals surface area contributed by atoms with E-state index in [9.17, 15) is 31.1 Å². The number of aliphatic carboxylic acids is 1. The molecule has 15 heteroatoms. The molecule has 2 heterocycles. The molecule has 0 aliphatic carbocycles. The number of morpholine rings is 1. The lowest BCUT2D eigenvalue weighted by atomic mass is 9.94. The minimum absolute atomic E-state index is 0.0497. The molecule has 226 valence electrons. The van der Waals surface area contributed by atoms with Crippen molar-refractivity contribution < 1.29 is 50.2 Å². The van der Waals surface area contributed by atoms with Gasteiger partial charge in [-0.15, -0.1) is 0 Å². The van der Waals surface area contributed by atoms with Gasteiger partial charge < -0.3 is 30.7 Å². The highest BCUT2D eigenvalue weighted by Gasteiger charge is 2.38. The van der Waals surface area contributed by atoms with Crippen molar-refractivity contribution in [2.24, 2.45) is 0 Å². The summed E-state index contributed by atoms with van der Waals surface area (Å²) in [7, 11) is 0. The molecule has 1 amide bonds. The highest BCUT2D eigenvalue weighted by Crippen LogP contribution is 2.32. The Bertz CT molecular complexity index is 1250. The number of nitrogens with one attached hydrogen (secondary N) is 3. The quantitative estimate of drug-likeness (QED) is 0.347. The number of carbonyl (C=O) groups excluding carboxylic acids is 1. The van der Waals surface area contributed by atoms with Crippen molar-refractivity contribution in [2.75, 3.05) is 49.6 Å². The molecule has 0 bridgehead atoms. The lowest BCUT2D eigenvalue weighted by molar-refractivity contribution is -0.192. The molecule has 0 radical (unpaired) electrons. The molecule has 4 N–H and O–H groups in total. The van der Waals surface area contributed by atoms with Crippen molar-refractivity contribution in [3.8, 4) is 0 Å². The lowest BCUT2D eigenvalue weighted by Crippen LogP contribution is -2.62. The third-order valence-corrected chi connectivity index (χ3v) is 6.50. The predicted octanol–water partition coefficient (Wildman–Crippen LogP) is 4.64. The van der Waals surface area contributed by atoms with E-state index in [0.29, 0.717) is 45.1 Å². The third-order valence-electron chi connectivity index (χ3n) is 6.50. The van der Waals surface area contributed by atoms with Gasteiger partial charge in [0, 0.05) is 31.7 Å². The average molecular weight is 595 g/mol. The van der Waals surface area contributed by atoms with Crippen molar-refractivity contribution in [3.63, 3.8) is 0 Å². The van der Waals surface area contributed by atoms with Gasteiger partial charge in [-0.2, -0.15) is 13.2 Å². The van der Waals surface area contributed by atoms with E-state index in [4.69, 9.17) is 14.6 Å². The zero-order chi connectivity index (χ0) is 30.5. The Labute approximate surface area is 230 Å². The first-order valence-electron chi connectivity index (χ1n) is 12.5. The number of nitrogens with zero attached hydrogens (tertiary/aromatic N) is 1. The van der Waals surface area contributed by atoms with Crippen molar-refractivity contribution in [3.05, 3.63) is 58.7 Å². The smallest absolute Gasteiger partial charge is 0.475 e. The highest BCUT2D eigenvalue weighted by molar-refractivity contribution is 6.01. The van der Waals surface area contributed by atoms with Gasteiger partial charge in [0.2, 0.25) is 0 Å². The normalized spacial score (nSPS) is 17.2. The molecule has 41 heavy (non-hydrogen) atoms. The van der Waals surface area contributed by atoms with Gasteiger partial charge in [-0.05, 0) is 26.0 Å². The number of rotatable bonds is 7. The molecule has 2 aromatic rings. The number of benzene rings is 2. The van der Waals surface area contributed by atoms with E-state index in [1.54, 1.807) is 4.90 Å². The summed E-state index contributed by atoms with van der Waals surface area (Å²) in [6.07, 6.45) is -8.05. The molecule has 2 aliphatic heterocycles. The molecular formula is C26H29F7N4O4. The number of anilines is 2. The summed E-state index contributed by atoms with van der Waals surface area (Å²) in [5, 5.41) is 16.2. The zero-order valence-corrected chi connectivity index (χ0v) is 22.0. The largest absolute Gasteiger partial charge is 0.490 e. The van der Waals surface area contributed by atoms with Crippen LogP contribution in [-0.4, -0.2) is 68.1 Å². The Morgan fingerprint density at radius 1 is 1.10 bits per heavy atom. The number of alkyl halides is 5. The molecule has 0 unspecified atom stereocenters. The van der Waals surface area contributed by atoms with Crippen LogP contribution in [0.2, 0.25) is 0 Å². The number of hydrogen-bond donors (Lipinski definition) is 4. The van der Waals surface area contributed by atoms with Crippen molar-refractivity contribution >= 4 is 23.3 Å². The summed E-state index contributed by atoms with van der Waals surface area (Å²) < 4.78 is 93.0. The van der Waals surface area contributed by atoms with Crippen LogP contribution in [0.1, 0.15) is 47.8 Å². The Kier molecular flexibility index (Phi) is 10.1. The van der Waals surface area contributed by atoms with Gasteiger partial charge in [0.1, 0.15) is 11.6 Å². The summed E-state index contributed by atoms with van der Waals surface area (Å²) in [5.41, 5.74) is -0.354. The Morgan fingerprint density at radius 2 is 1.68 bits per heavy atom. The predicted molar refractivity (Wildman–Crippen MR) is 135 cm³/mol. The monoisotopic (exact) mass is 594 g/mol. The molecule has 2 aliphatic rings. The van der Waals surface area contributed by atoms with Crippen molar-refractivity contribution in [1.29, 1.82) is 0 Å². The Hall–Kier alpha value is -3.59. The van der Waals surface area contributed by atoms with Gasteiger partial charge in [-0.3, -0.25) is 4.79 Å². The van der Waals surface area contributed by atoms with Crippen LogP contribution in [0.4, 0.5) is 42.1 Å². The first kappa shape index (κ1) is 31.9. The standard InChI is InChI=1S/C24H28F4N4O2.C2HF3O2/c1-14(15-4-3-5-16(21(15)26)22(27)28)30-23(33)17-10-20(32-6-8-34-9-7-32)18(25)11-19(17)31-24(2)12-29-13-24;3-2(4,5)1(6)7/h3-5,10-11,14,22,29,31H,6-9,12-13H2,1-2H3,(H,30,33);(H,6,7)/t14-;/m1./s1. The fourth-order valence-electron chi connectivity index (χ4n) is 4.24. The van der Waals surface area contributed by atoms with Gasteiger partial charge in [-0.1, -0.05) is 18.2 Å². The molecule has 2 saturated heterocycles. The van der Waals surface area contributed by atoms with E-state index in [-0.39, 0.29) is 22.4 Å². The molecular weight excluding hydrogens is 565 g/mol. The SMILES string of the molecule is C[C@@H](NC(=O)c1cc(N2CCOCC2)c(F)cc1NC1(C)CNC1)c1cccc(C(F)F)c1F.O=C(O)C(F)(F)F. The molecule has 1 atom stereocenters. The van der Waals surface area contributed by atoms with E-state index in [0.717, 1.165) is 6.07 Å². The van der Waals surface area contributed by atoms with Crippen LogP contribution in [0.15, 0.2) is 30.3 Å². The number of halogens is 7. The third kappa shape index (κ3) is 8.00. The van der Waals surface area contributed by atoms with Gasteiger partial charge in [0.05, 0.1) is 47.3 Å². The highest BCUT2D eigenvalue weighted by atomic mass is 19.4. The van der Waals surface area contributed by atoms with Crippen LogP contribution in [0.5, 0.6) is 0 Å². The van der Waals surface area contributed by atoms with E-state index < -0.39 is 47.7 Å². The van der Waals surface area contributed by atoms with Crippen LogP contribution in [0.3, 0.4) is 0 Å². The summed E-state index contributed by atoms with van der Waals surface area (Å²) in [4.78, 5) is 24.0. The van der Waals surface area contributed by atoms with Crippen LogP contribution < -0.4 is 20.9 Å². The van der Waals surface area contributed by atoms with E-state index in [1.165, 1.54) is 31.2 Å². The fourth-order valence-corrected chi connectivity index (χ4v) is 4.24. The first-order chi connectivity index (χ1) is 19.1. The van der Waals surface area contributed by atoms with Crippen LogP contribution in [-0.2, 0) is 9.53 Å². The lowest BCUT2D eigenvalue weighted by Gasteiger charge is -2.41. The maximum Gasteiger partial charge on any atom is 0.490 e. The van der Waals surface area contributed by atoms with E-state index in [1.807, 2.05) is 6.92 Å². The molecule has 0 aromatic heterocycles. The fraction of sp³-hybridized carbons (Fsp3) is 0.462. The average Bonchev–Trinajstić information content (AvgIpc) is 2.88.